The normalized spacial score (nSPS) is 16.6. The molecule has 3 heterocycles. The lowest BCUT2D eigenvalue weighted by Crippen LogP contribution is -2.39. The van der Waals surface area contributed by atoms with Gasteiger partial charge in [-0.1, -0.05) is 24.3 Å². The van der Waals surface area contributed by atoms with Crippen molar-refractivity contribution in [3.05, 3.63) is 88.7 Å². The number of pyridine rings is 1. The molecule has 1 saturated heterocycles. The average molecular weight is 478 g/mol. The summed E-state index contributed by atoms with van der Waals surface area (Å²) in [4.78, 5) is 23.2. The van der Waals surface area contributed by atoms with Gasteiger partial charge in [-0.25, -0.2) is 0 Å². The average Bonchev–Trinajstić information content (AvgIpc) is 3.16. The van der Waals surface area contributed by atoms with Crippen molar-refractivity contribution in [3.63, 3.8) is 0 Å². The predicted octanol–water partition coefficient (Wildman–Crippen LogP) is 6.89. The monoisotopic (exact) mass is 477 g/mol. The number of hydrogen-bond acceptors (Lipinski definition) is 2. The van der Waals surface area contributed by atoms with Gasteiger partial charge in [0, 0.05) is 52.4 Å². The Balaban J connectivity index is 1.37. The minimum Gasteiger partial charge on any atom is -0.358 e. The minimum atomic E-state index is -4.40. The smallest absolute Gasteiger partial charge is 0.358 e. The summed E-state index contributed by atoms with van der Waals surface area (Å²) in [6.45, 7) is 5.28. The lowest BCUT2D eigenvalue weighted by molar-refractivity contribution is -0.137. The largest absolute Gasteiger partial charge is 0.416 e. The lowest BCUT2D eigenvalue weighted by Gasteiger charge is -2.32. The molecule has 1 amide bonds. The van der Waals surface area contributed by atoms with Gasteiger partial charge >= 0.3 is 6.18 Å². The molecule has 35 heavy (non-hydrogen) atoms. The van der Waals surface area contributed by atoms with Crippen LogP contribution in [0.4, 0.5) is 13.2 Å². The van der Waals surface area contributed by atoms with Crippen molar-refractivity contribution in [3.8, 4) is 11.3 Å². The molecule has 4 aromatic rings. The lowest BCUT2D eigenvalue weighted by atomic mass is 9.93. The maximum absolute atomic E-state index is 13.3. The van der Waals surface area contributed by atoms with Crippen LogP contribution in [0.15, 0.2) is 60.7 Å². The van der Waals surface area contributed by atoms with Crippen molar-refractivity contribution in [2.45, 2.75) is 38.8 Å². The molecule has 5 rings (SSSR count). The summed E-state index contributed by atoms with van der Waals surface area (Å²) in [7, 11) is 0. The number of fused-ring (bicyclic) bond motifs is 1. The molecule has 4 nitrogen and oxygen atoms in total. The topological polar surface area (TPSA) is 49.0 Å². The van der Waals surface area contributed by atoms with Gasteiger partial charge in [0.25, 0.3) is 5.91 Å². The summed E-state index contributed by atoms with van der Waals surface area (Å²) in [5, 5.41) is 1.12. The van der Waals surface area contributed by atoms with Crippen molar-refractivity contribution < 1.29 is 18.0 Å². The number of aromatic nitrogens is 2. The molecule has 1 aliphatic heterocycles. The van der Waals surface area contributed by atoms with E-state index in [1.54, 1.807) is 12.1 Å². The SMILES string of the molecule is Cc1[nH]c2cc(C(=O)N3CCC[C@H](c4cccc(-c5cccc(C(F)(F)F)c5)n4)C3)ccc2c1C. The Morgan fingerprint density at radius 1 is 1.06 bits per heavy atom. The summed E-state index contributed by atoms with van der Waals surface area (Å²) in [5.74, 6) is 0.00713. The number of hydrogen-bond donors (Lipinski definition) is 1. The molecule has 0 bridgehead atoms. The molecule has 1 fully saturated rings. The molecular weight excluding hydrogens is 451 g/mol. The fourth-order valence-electron chi connectivity index (χ4n) is 4.89. The van der Waals surface area contributed by atoms with Gasteiger partial charge in [-0.2, -0.15) is 13.2 Å². The Morgan fingerprint density at radius 3 is 2.66 bits per heavy atom. The number of aryl methyl sites for hydroxylation is 2. The molecule has 7 heteroatoms. The van der Waals surface area contributed by atoms with E-state index in [1.807, 2.05) is 42.2 Å². The molecule has 2 aromatic heterocycles. The van der Waals surface area contributed by atoms with Crippen LogP contribution in [0.3, 0.4) is 0 Å². The Morgan fingerprint density at radius 2 is 1.86 bits per heavy atom. The number of nitrogens with zero attached hydrogens (tertiary/aromatic N) is 2. The summed E-state index contributed by atoms with van der Waals surface area (Å²) < 4.78 is 39.5. The van der Waals surface area contributed by atoms with E-state index in [-0.39, 0.29) is 11.8 Å². The van der Waals surface area contributed by atoms with E-state index < -0.39 is 11.7 Å². The number of benzene rings is 2. The third-order valence-electron chi connectivity index (χ3n) is 6.94. The summed E-state index contributed by atoms with van der Waals surface area (Å²) in [5.41, 5.74) is 4.90. The van der Waals surface area contributed by atoms with Crippen molar-refractivity contribution >= 4 is 16.8 Å². The Hall–Kier alpha value is -3.61. The molecule has 1 atom stereocenters. The van der Waals surface area contributed by atoms with Gasteiger partial charge in [0.2, 0.25) is 0 Å². The van der Waals surface area contributed by atoms with Crippen LogP contribution in [0.5, 0.6) is 0 Å². The molecule has 2 aromatic carbocycles. The van der Waals surface area contributed by atoms with Crippen LogP contribution in [0, 0.1) is 13.8 Å². The van der Waals surface area contributed by atoms with Gasteiger partial charge in [0.1, 0.15) is 0 Å². The van der Waals surface area contributed by atoms with Crippen LogP contribution in [0.2, 0.25) is 0 Å². The molecule has 0 unspecified atom stereocenters. The number of carbonyl (C=O) groups is 1. The number of alkyl halides is 3. The first-order valence-corrected chi connectivity index (χ1v) is 11.7. The molecule has 1 N–H and O–H groups in total. The molecule has 0 radical (unpaired) electrons. The zero-order valence-electron chi connectivity index (χ0n) is 19.6. The number of carbonyl (C=O) groups excluding carboxylic acids is 1. The van der Waals surface area contributed by atoms with Crippen molar-refractivity contribution in [2.75, 3.05) is 13.1 Å². The highest BCUT2D eigenvalue weighted by molar-refractivity contribution is 5.98. The van der Waals surface area contributed by atoms with E-state index in [9.17, 15) is 18.0 Å². The Bertz CT molecular complexity index is 1410. The van der Waals surface area contributed by atoms with Crippen LogP contribution >= 0.6 is 0 Å². The summed E-state index contributed by atoms with van der Waals surface area (Å²) in [6.07, 6.45) is -2.69. The fourth-order valence-corrected chi connectivity index (χ4v) is 4.89. The number of H-pyrrole nitrogens is 1. The van der Waals surface area contributed by atoms with Gasteiger partial charge < -0.3 is 9.88 Å². The number of rotatable bonds is 3. The number of nitrogens with one attached hydrogen (secondary N) is 1. The van der Waals surface area contributed by atoms with Crippen LogP contribution in [-0.2, 0) is 6.18 Å². The number of piperidine rings is 1. The van der Waals surface area contributed by atoms with E-state index in [0.717, 1.165) is 47.3 Å². The quantitative estimate of drug-likeness (QED) is 0.349. The first kappa shape index (κ1) is 23.1. The van der Waals surface area contributed by atoms with Crippen molar-refractivity contribution in [2.24, 2.45) is 0 Å². The molecule has 1 aliphatic rings. The highest BCUT2D eigenvalue weighted by Gasteiger charge is 2.31. The second kappa shape index (κ2) is 8.87. The third-order valence-corrected chi connectivity index (χ3v) is 6.94. The van der Waals surface area contributed by atoms with Gasteiger partial charge in [-0.05, 0) is 68.7 Å². The van der Waals surface area contributed by atoms with E-state index in [2.05, 4.69) is 11.9 Å². The third kappa shape index (κ3) is 4.55. The zero-order valence-corrected chi connectivity index (χ0v) is 19.6. The number of aromatic amines is 1. The highest BCUT2D eigenvalue weighted by atomic mass is 19.4. The Labute approximate surface area is 201 Å². The maximum Gasteiger partial charge on any atom is 0.416 e. The highest BCUT2D eigenvalue weighted by Crippen LogP contribution is 2.33. The molecule has 0 saturated carbocycles. The summed E-state index contributed by atoms with van der Waals surface area (Å²) in [6, 6.07) is 16.4. The second-order valence-corrected chi connectivity index (χ2v) is 9.25. The fraction of sp³-hybridized carbons (Fsp3) is 0.286. The zero-order chi connectivity index (χ0) is 24.7. The minimum absolute atomic E-state index is 0.0180. The van der Waals surface area contributed by atoms with Gasteiger partial charge in [-0.3, -0.25) is 9.78 Å². The summed E-state index contributed by atoms with van der Waals surface area (Å²) >= 11 is 0. The molecule has 0 aliphatic carbocycles. The van der Waals surface area contributed by atoms with Gasteiger partial charge in [-0.15, -0.1) is 0 Å². The number of amides is 1. The molecule has 0 spiro atoms. The van der Waals surface area contributed by atoms with E-state index in [4.69, 9.17) is 4.98 Å². The van der Waals surface area contributed by atoms with Crippen LogP contribution in [0.25, 0.3) is 22.2 Å². The van der Waals surface area contributed by atoms with Gasteiger partial charge in [0.05, 0.1) is 11.3 Å². The van der Waals surface area contributed by atoms with E-state index >= 15 is 0 Å². The van der Waals surface area contributed by atoms with Crippen LogP contribution in [-0.4, -0.2) is 33.9 Å². The first-order valence-electron chi connectivity index (χ1n) is 11.7. The first-order chi connectivity index (χ1) is 16.7. The van der Waals surface area contributed by atoms with Crippen molar-refractivity contribution in [1.82, 2.24) is 14.9 Å². The number of halogens is 3. The standard InChI is InChI=1S/C28H26F3N3O/c1-17-18(2)32-26-15-20(11-12-23(17)26)27(35)34-13-5-7-21(16-34)25-10-4-9-24(33-25)19-6-3-8-22(14-19)28(29,30)31/h3-4,6,8-12,14-15,21,32H,5,7,13,16H2,1-2H3/t21-/m0/s1. The van der Waals surface area contributed by atoms with E-state index in [1.165, 1.54) is 11.6 Å². The van der Waals surface area contributed by atoms with E-state index in [0.29, 0.717) is 29.9 Å². The molecular formula is C28H26F3N3O. The van der Waals surface area contributed by atoms with Crippen molar-refractivity contribution in [1.29, 1.82) is 0 Å². The van der Waals surface area contributed by atoms with Crippen LogP contribution < -0.4 is 0 Å². The van der Waals surface area contributed by atoms with Crippen LogP contribution in [0.1, 0.15) is 51.6 Å². The predicted molar refractivity (Wildman–Crippen MR) is 130 cm³/mol. The van der Waals surface area contributed by atoms with Gasteiger partial charge in [0.15, 0.2) is 0 Å². The second-order valence-electron chi connectivity index (χ2n) is 9.25. The number of likely N-dealkylation sites (tertiary alicyclic amines) is 1. The Kier molecular flexibility index (Phi) is 5.87. The molecule has 180 valence electrons. The maximum atomic E-state index is 13.3.